The number of carboxylic acids is 1. The van der Waals surface area contributed by atoms with Gasteiger partial charge in [-0.1, -0.05) is 6.07 Å². The van der Waals surface area contributed by atoms with Gasteiger partial charge in [0.25, 0.3) is 0 Å². The minimum Gasteiger partial charge on any atom is -0.504 e. The monoisotopic (exact) mass is 287 g/mol. The molecule has 110 valence electrons. The molecule has 0 aliphatic carbocycles. The summed E-state index contributed by atoms with van der Waals surface area (Å²) in [6.45, 7) is 2.89. The molecule has 0 saturated carbocycles. The van der Waals surface area contributed by atoms with E-state index in [0.717, 1.165) is 11.3 Å². The lowest BCUT2D eigenvalue weighted by Gasteiger charge is -2.10. The summed E-state index contributed by atoms with van der Waals surface area (Å²) in [7, 11) is 0. The first-order valence-corrected chi connectivity index (χ1v) is 6.62. The smallest absolute Gasteiger partial charge is 0.335 e. The van der Waals surface area contributed by atoms with Crippen LogP contribution in [0.2, 0.25) is 0 Å². The molecule has 0 unspecified atom stereocenters. The molecule has 0 spiro atoms. The predicted molar refractivity (Wildman–Crippen MR) is 80.0 cm³/mol. The molecule has 0 aliphatic heterocycles. The molecule has 0 bridgehead atoms. The highest BCUT2D eigenvalue weighted by atomic mass is 16.5. The van der Waals surface area contributed by atoms with Crippen LogP contribution < -0.4 is 10.1 Å². The maximum Gasteiger partial charge on any atom is 0.335 e. The van der Waals surface area contributed by atoms with E-state index in [1.807, 2.05) is 6.92 Å². The maximum atomic E-state index is 10.8. The Labute approximate surface area is 122 Å². The number of carboxylic acid groups (broad SMARTS) is 1. The van der Waals surface area contributed by atoms with Gasteiger partial charge in [-0.3, -0.25) is 0 Å². The molecule has 0 amide bonds. The summed E-state index contributed by atoms with van der Waals surface area (Å²) in [5, 5.41) is 21.7. The van der Waals surface area contributed by atoms with E-state index in [0.29, 0.717) is 18.9 Å². The fourth-order valence-electron chi connectivity index (χ4n) is 1.87. The Morgan fingerprint density at radius 2 is 1.90 bits per heavy atom. The number of hydrogen-bond acceptors (Lipinski definition) is 4. The van der Waals surface area contributed by atoms with Crippen LogP contribution in [0.25, 0.3) is 0 Å². The largest absolute Gasteiger partial charge is 0.504 e. The Morgan fingerprint density at radius 1 is 1.19 bits per heavy atom. The van der Waals surface area contributed by atoms with E-state index in [1.54, 1.807) is 42.5 Å². The van der Waals surface area contributed by atoms with Crippen molar-refractivity contribution in [3.8, 4) is 11.5 Å². The molecule has 3 N–H and O–H groups in total. The summed E-state index contributed by atoms with van der Waals surface area (Å²) in [5.41, 5.74) is 2.04. The molecule has 0 aliphatic rings. The van der Waals surface area contributed by atoms with Crippen molar-refractivity contribution < 1.29 is 19.7 Å². The number of aromatic hydroxyl groups is 1. The van der Waals surface area contributed by atoms with Crippen LogP contribution in [0, 0.1) is 0 Å². The van der Waals surface area contributed by atoms with E-state index in [9.17, 15) is 9.90 Å². The second-order valence-corrected chi connectivity index (χ2v) is 4.47. The average molecular weight is 287 g/mol. The van der Waals surface area contributed by atoms with Crippen molar-refractivity contribution in [2.45, 2.75) is 13.5 Å². The van der Waals surface area contributed by atoms with Gasteiger partial charge in [0.15, 0.2) is 11.5 Å². The van der Waals surface area contributed by atoms with Crippen molar-refractivity contribution >= 4 is 11.7 Å². The zero-order valence-corrected chi connectivity index (χ0v) is 11.7. The number of ether oxygens (including phenoxy) is 1. The molecule has 5 heteroatoms. The van der Waals surface area contributed by atoms with Crippen LogP contribution in [-0.2, 0) is 6.54 Å². The number of hydrogen-bond donors (Lipinski definition) is 3. The summed E-state index contributed by atoms with van der Waals surface area (Å²) in [6.07, 6.45) is 0. The van der Waals surface area contributed by atoms with E-state index in [-0.39, 0.29) is 11.3 Å². The van der Waals surface area contributed by atoms with Gasteiger partial charge in [-0.25, -0.2) is 4.79 Å². The number of carbonyl (C=O) groups is 1. The van der Waals surface area contributed by atoms with Crippen molar-refractivity contribution in [2.24, 2.45) is 0 Å². The fraction of sp³-hybridized carbons (Fsp3) is 0.188. The zero-order valence-electron chi connectivity index (χ0n) is 11.7. The van der Waals surface area contributed by atoms with Crippen LogP contribution >= 0.6 is 0 Å². The molecular formula is C16H17NO4. The number of phenols is 1. The van der Waals surface area contributed by atoms with Gasteiger partial charge in [0.05, 0.1) is 12.2 Å². The lowest BCUT2D eigenvalue weighted by atomic mass is 10.1. The Balaban J connectivity index is 2.02. The Kier molecular flexibility index (Phi) is 4.66. The highest BCUT2D eigenvalue weighted by Gasteiger charge is 2.04. The van der Waals surface area contributed by atoms with Gasteiger partial charge >= 0.3 is 5.97 Å². The molecule has 2 aromatic carbocycles. The molecule has 2 rings (SSSR count). The Morgan fingerprint density at radius 3 is 2.52 bits per heavy atom. The average Bonchev–Trinajstić information content (AvgIpc) is 2.48. The van der Waals surface area contributed by atoms with Crippen LogP contribution in [0.1, 0.15) is 22.8 Å². The fourth-order valence-corrected chi connectivity index (χ4v) is 1.87. The molecule has 0 aromatic heterocycles. The van der Waals surface area contributed by atoms with Gasteiger partial charge in [-0.15, -0.1) is 0 Å². The third-order valence-corrected chi connectivity index (χ3v) is 2.95. The second kappa shape index (κ2) is 6.65. The van der Waals surface area contributed by atoms with Crippen LogP contribution in [0.4, 0.5) is 5.69 Å². The number of nitrogens with one attached hydrogen (secondary N) is 1. The number of aromatic carboxylic acids is 1. The van der Waals surface area contributed by atoms with Crippen molar-refractivity contribution in [1.29, 1.82) is 0 Å². The third kappa shape index (κ3) is 3.89. The van der Waals surface area contributed by atoms with Gasteiger partial charge in [0.2, 0.25) is 0 Å². The standard InChI is InChI=1S/C16H17NO4/c1-2-21-15-9-11(3-8-14(15)18)10-17-13-6-4-12(5-7-13)16(19)20/h3-9,17-18H,2,10H2,1H3,(H,19,20). The van der Waals surface area contributed by atoms with Crippen LogP contribution in [-0.4, -0.2) is 22.8 Å². The first-order chi connectivity index (χ1) is 10.1. The molecule has 5 nitrogen and oxygen atoms in total. The summed E-state index contributed by atoms with van der Waals surface area (Å²) in [5.74, 6) is -0.370. The molecular weight excluding hydrogens is 270 g/mol. The summed E-state index contributed by atoms with van der Waals surface area (Å²) < 4.78 is 5.33. The lowest BCUT2D eigenvalue weighted by molar-refractivity contribution is 0.0697. The van der Waals surface area contributed by atoms with Crippen molar-refractivity contribution in [3.05, 3.63) is 53.6 Å². The van der Waals surface area contributed by atoms with E-state index in [1.165, 1.54) is 0 Å². The highest BCUT2D eigenvalue weighted by molar-refractivity contribution is 5.87. The van der Waals surface area contributed by atoms with Crippen LogP contribution in [0.5, 0.6) is 11.5 Å². The SMILES string of the molecule is CCOc1cc(CNc2ccc(C(=O)O)cc2)ccc1O. The van der Waals surface area contributed by atoms with Gasteiger partial charge in [0, 0.05) is 12.2 Å². The summed E-state index contributed by atoms with van der Waals surface area (Å²) in [4.78, 5) is 10.8. The van der Waals surface area contributed by atoms with Crippen molar-refractivity contribution in [3.63, 3.8) is 0 Å². The minimum atomic E-state index is -0.943. The molecule has 21 heavy (non-hydrogen) atoms. The van der Waals surface area contributed by atoms with E-state index < -0.39 is 5.97 Å². The first-order valence-electron chi connectivity index (χ1n) is 6.62. The molecule has 0 saturated heterocycles. The Hall–Kier alpha value is -2.69. The minimum absolute atomic E-state index is 0.117. The normalized spacial score (nSPS) is 10.1. The number of benzene rings is 2. The number of phenolic OH excluding ortho intramolecular Hbond substituents is 1. The summed E-state index contributed by atoms with van der Waals surface area (Å²) in [6, 6.07) is 11.7. The van der Waals surface area contributed by atoms with Crippen molar-refractivity contribution in [2.75, 3.05) is 11.9 Å². The van der Waals surface area contributed by atoms with Gasteiger partial charge in [0.1, 0.15) is 0 Å². The van der Waals surface area contributed by atoms with Gasteiger partial charge in [-0.2, -0.15) is 0 Å². The topological polar surface area (TPSA) is 78.8 Å². The molecule has 0 radical (unpaired) electrons. The molecule has 2 aromatic rings. The second-order valence-electron chi connectivity index (χ2n) is 4.47. The van der Waals surface area contributed by atoms with Crippen LogP contribution in [0.15, 0.2) is 42.5 Å². The van der Waals surface area contributed by atoms with E-state index in [4.69, 9.17) is 9.84 Å². The molecule has 0 fully saturated rings. The summed E-state index contributed by atoms with van der Waals surface area (Å²) >= 11 is 0. The van der Waals surface area contributed by atoms with Crippen LogP contribution in [0.3, 0.4) is 0 Å². The van der Waals surface area contributed by atoms with Gasteiger partial charge < -0.3 is 20.3 Å². The zero-order chi connectivity index (χ0) is 15.2. The van der Waals surface area contributed by atoms with E-state index in [2.05, 4.69) is 5.32 Å². The molecule has 0 heterocycles. The third-order valence-electron chi connectivity index (χ3n) is 2.95. The lowest BCUT2D eigenvalue weighted by Crippen LogP contribution is -2.01. The maximum absolute atomic E-state index is 10.8. The predicted octanol–water partition coefficient (Wildman–Crippen LogP) is 3.10. The van der Waals surface area contributed by atoms with Crippen molar-refractivity contribution in [1.82, 2.24) is 0 Å². The number of rotatable bonds is 6. The quantitative estimate of drug-likeness (QED) is 0.761. The van der Waals surface area contributed by atoms with E-state index >= 15 is 0 Å². The number of anilines is 1. The Bertz CT molecular complexity index is 623. The molecule has 0 atom stereocenters. The first kappa shape index (κ1) is 14.7. The highest BCUT2D eigenvalue weighted by Crippen LogP contribution is 2.27. The van der Waals surface area contributed by atoms with Gasteiger partial charge in [-0.05, 0) is 48.9 Å².